The van der Waals surface area contributed by atoms with E-state index in [4.69, 9.17) is 4.74 Å². The zero-order valence-electron chi connectivity index (χ0n) is 8.54. The minimum atomic E-state index is -0.662. The van der Waals surface area contributed by atoms with Crippen molar-refractivity contribution in [2.75, 3.05) is 6.61 Å². The summed E-state index contributed by atoms with van der Waals surface area (Å²) in [6.45, 7) is 2.08. The number of hydrogen-bond donors (Lipinski definition) is 1. The lowest BCUT2D eigenvalue weighted by Crippen LogP contribution is -2.51. The van der Waals surface area contributed by atoms with Gasteiger partial charge in [-0.1, -0.05) is 19.3 Å². The third-order valence-corrected chi connectivity index (χ3v) is 2.60. The van der Waals surface area contributed by atoms with Gasteiger partial charge in [-0.2, -0.15) is 0 Å². The van der Waals surface area contributed by atoms with Crippen molar-refractivity contribution in [3.05, 3.63) is 0 Å². The molecular formula is C10H17NO3. The number of amides is 1. The first-order chi connectivity index (χ1) is 6.72. The van der Waals surface area contributed by atoms with Crippen LogP contribution in [0.15, 0.2) is 0 Å². The van der Waals surface area contributed by atoms with E-state index in [1.165, 1.54) is 0 Å². The SMILES string of the molecule is CCOC(=O)NC1(C=O)CCCCC1. The summed E-state index contributed by atoms with van der Waals surface area (Å²) < 4.78 is 4.76. The van der Waals surface area contributed by atoms with Gasteiger partial charge in [-0.3, -0.25) is 0 Å². The van der Waals surface area contributed by atoms with Crippen LogP contribution in [0.5, 0.6) is 0 Å². The van der Waals surface area contributed by atoms with E-state index in [2.05, 4.69) is 5.32 Å². The molecule has 1 aliphatic carbocycles. The molecule has 0 saturated heterocycles. The highest BCUT2D eigenvalue weighted by molar-refractivity contribution is 5.76. The minimum absolute atomic E-state index is 0.334. The fraction of sp³-hybridized carbons (Fsp3) is 0.800. The molecular weight excluding hydrogens is 182 g/mol. The highest BCUT2D eigenvalue weighted by atomic mass is 16.5. The molecule has 4 nitrogen and oxygen atoms in total. The van der Waals surface area contributed by atoms with Gasteiger partial charge in [0.2, 0.25) is 0 Å². The summed E-state index contributed by atoms with van der Waals surface area (Å²) >= 11 is 0. The molecule has 0 aromatic heterocycles. The number of ether oxygens (including phenoxy) is 1. The van der Waals surface area contributed by atoms with Crippen molar-refractivity contribution in [3.63, 3.8) is 0 Å². The monoisotopic (exact) mass is 199 g/mol. The summed E-state index contributed by atoms with van der Waals surface area (Å²) in [5.41, 5.74) is -0.662. The highest BCUT2D eigenvalue weighted by Gasteiger charge is 2.33. The van der Waals surface area contributed by atoms with Gasteiger partial charge in [0.05, 0.1) is 12.1 Å². The minimum Gasteiger partial charge on any atom is -0.450 e. The third kappa shape index (κ3) is 2.72. The van der Waals surface area contributed by atoms with Gasteiger partial charge >= 0.3 is 6.09 Å². The van der Waals surface area contributed by atoms with Crippen LogP contribution in [0.4, 0.5) is 4.79 Å². The molecule has 0 aromatic carbocycles. The van der Waals surface area contributed by atoms with Crippen molar-refractivity contribution >= 4 is 12.4 Å². The molecule has 0 atom stereocenters. The van der Waals surface area contributed by atoms with Crippen LogP contribution in [0, 0.1) is 0 Å². The van der Waals surface area contributed by atoms with Crippen molar-refractivity contribution < 1.29 is 14.3 Å². The maximum atomic E-state index is 11.2. The van der Waals surface area contributed by atoms with Crippen LogP contribution < -0.4 is 5.32 Å². The molecule has 1 N–H and O–H groups in total. The number of nitrogens with one attached hydrogen (secondary N) is 1. The van der Waals surface area contributed by atoms with Gasteiger partial charge in [0, 0.05) is 0 Å². The lowest BCUT2D eigenvalue weighted by molar-refractivity contribution is -0.114. The summed E-state index contributed by atoms with van der Waals surface area (Å²) in [5, 5.41) is 2.65. The van der Waals surface area contributed by atoms with Crippen LogP contribution in [0.2, 0.25) is 0 Å². The molecule has 0 unspecified atom stereocenters. The molecule has 1 fully saturated rings. The number of aldehydes is 1. The Kier molecular flexibility index (Phi) is 3.92. The van der Waals surface area contributed by atoms with Gasteiger partial charge in [0.25, 0.3) is 0 Å². The van der Waals surface area contributed by atoms with Crippen LogP contribution in [0.3, 0.4) is 0 Å². The molecule has 0 radical (unpaired) electrons. The van der Waals surface area contributed by atoms with Crippen molar-refractivity contribution in [2.45, 2.75) is 44.6 Å². The molecule has 4 heteroatoms. The Labute approximate surface area is 84.0 Å². The first kappa shape index (κ1) is 11.0. The number of rotatable bonds is 3. The van der Waals surface area contributed by atoms with Crippen LogP contribution >= 0.6 is 0 Å². The Morgan fingerprint density at radius 3 is 2.57 bits per heavy atom. The van der Waals surface area contributed by atoms with Crippen LogP contribution in [-0.4, -0.2) is 24.5 Å². The quantitative estimate of drug-likeness (QED) is 0.703. The van der Waals surface area contributed by atoms with Crippen LogP contribution in [0.1, 0.15) is 39.0 Å². The molecule has 0 aromatic rings. The van der Waals surface area contributed by atoms with E-state index in [0.717, 1.165) is 38.4 Å². The zero-order chi connectivity index (χ0) is 10.4. The molecule has 1 aliphatic rings. The summed E-state index contributed by atoms with van der Waals surface area (Å²) in [6.07, 6.45) is 4.95. The van der Waals surface area contributed by atoms with Gasteiger partial charge in [0.1, 0.15) is 6.29 Å². The van der Waals surface area contributed by atoms with Crippen molar-refractivity contribution in [3.8, 4) is 0 Å². The van der Waals surface area contributed by atoms with Crippen molar-refractivity contribution in [1.29, 1.82) is 0 Å². The largest absolute Gasteiger partial charge is 0.450 e. The second-order valence-corrected chi connectivity index (χ2v) is 3.68. The Hall–Kier alpha value is -1.06. The summed E-state index contributed by atoms with van der Waals surface area (Å²) in [6, 6.07) is 0. The van der Waals surface area contributed by atoms with Crippen LogP contribution in [0.25, 0.3) is 0 Å². The fourth-order valence-corrected chi connectivity index (χ4v) is 1.83. The van der Waals surface area contributed by atoms with E-state index < -0.39 is 11.6 Å². The summed E-state index contributed by atoms with van der Waals surface area (Å²) in [5.74, 6) is 0. The lowest BCUT2D eigenvalue weighted by Gasteiger charge is -2.32. The molecule has 14 heavy (non-hydrogen) atoms. The maximum absolute atomic E-state index is 11.2. The molecule has 1 rings (SSSR count). The molecule has 0 aliphatic heterocycles. The predicted octanol–water partition coefficient (Wildman–Crippen LogP) is 1.63. The second kappa shape index (κ2) is 4.98. The maximum Gasteiger partial charge on any atom is 0.407 e. The van der Waals surface area contributed by atoms with Crippen molar-refractivity contribution in [2.24, 2.45) is 0 Å². The van der Waals surface area contributed by atoms with Crippen LogP contribution in [-0.2, 0) is 9.53 Å². The predicted molar refractivity (Wildman–Crippen MR) is 52.0 cm³/mol. The van der Waals surface area contributed by atoms with E-state index in [1.807, 2.05) is 0 Å². The average Bonchev–Trinajstić information content (AvgIpc) is 2.19. The molecule has 0 bridgehead atoms. The first-order valence-corrected chi connectivity index (χ1v) is 5.14. The van der Waals surface area contributed by atoms with Gasteiger partial charge in [-0.25, -0.2) is 4.79 Å². The first-order valence-electron chi connectivity index (χ1n) is 5.14. The normalized spacial score (nSPS) is 19.8. The summed E-state index contributed by atoms with van der Waals surface area (Å²) in [4.78, 5) is 22.1. The Bertz CT molecular complexity index is 209. The molecule has 80 valence electrons. The Balaban J connectivity index is 2.51. The molecule has 0 spiro atoms. The average molecular weight is 199 g/mol. The molecule has 1 amide bonds. The third-order valence-electron chi connectivity index (χ3n) is 2.60. The van der Waals surface area contributed by atoms with E-state index in [1.54, 1.807) is 6.92 Å². The molecule has 1 saturated carbocycles. The topological polar surface area (TPSA) is 55.4 Å². The van der Waals surface area contributed by atoms with Gasteiger partial charge in [-0.05, 0) is 19.8 Å². The van der Waals surface area contributed by atoms with E-state index in [9.17, 15) is 9.59 Å². The highest BCUT2D eigenvalue weighted by Crippen LogP contribution is 2.26. The van der Waals surface area contributed by atoms with Gasteiger partial charge in [-0.15, -0.1) is 0 Å². The van der Waals surface area contributed by atoms with E-state index >= 15 is 0 Å². The number of carbonyl (C=O) groups excluding carboxylic acids is 2. The summed E-state index contributed by atoms with van der Waals surface area (Å²) in [7, 11) is 0. The van der Waals surface area contributed by atoms with E-state index in [-0.39, 0.29) is 0 Å². The van der Waals surface area contributed by atoms with Crippen molar-refractivity contribution in [1.82, 2.24) is 5.32 Å². The number of hydrogen-bond acceptors (Lipinski definition) is 3. The second-order valence-electron chi connectivity index (χ2n) is 3.68. The van der Waals surface area contributed by atoms with E-state index in [0.29, 0.717) is 6.61 Å². The molecule has 0 heterocycles. The number of carbonyl (C=O) groups is 2. The smallest absolute Gasteiger partial charge is 0.407 e. The number of alkyl carbamates (subject to hydrolysis) is 1. The standard InChI is InChI=1S/C10H17NO3/c1-2-14-9(13)11-10(8-12)6-4-3-5-7-10/h8H,2-7H2,1H3,(H,11,13). The van der Waals surface area contributed by atoms with Gasteiger partial charge < -0.3 is 14.8 Å². The zero-order valence-corrected chi connectivity index (χ0v) is 8.54. The Morgan fingerprint density at radius 1 is 1.43 bits per heavy atom. The Morgan fingerprint density at radius 2 is 2.07 bits per heavy atom. The van der Waals surface area contributed by atoms with Gasteiger partial charge in [0.15, 0.2) is 0 Å². The lowest BCUT2D eigenvalue weighted by atomic mass is 9.83. The fourth-order valence-electron chi connectivity index (χ4n) is 1.83.